The van der Waals surface area contributed by atoms with Crippen molar-refractivity contribution in [1.29, 1.82) is 0 Å². The third kappa shape index (κ3) is 8.41. The molecular formula is C46H54N10O6. The number of carbonyl (C=O) groups excluding carboxylic acids is 6. The summed E-state index contributed by atoms with van der Waals surface area (Å²) < 4.78 is 0. The number of hydrogen-bond acceptors (Lipinski definition) is 10. The highest BCUT2D eigenvalue weighted by Crippen LogP contribution is 2.29. The summed E-state index contributed by atoms with van der Waals surface area (Å²) in [6, 6.07) is 13.8. The number of carbonyl (C=O) groups is 6. The van der Waals surface area contributed by atoms with Crippen molar-refractivity contribution in [1.82, 2.24) is 41.0 Å². The molecule has 2 aromatic carbocycles. The molecule has 4 N–H and O–H groups in total. The Bertz CT molecular complexity index is 2320. The minimum atomic E-state index is -1.13. The van der Waals surface area contributed by atoms with Gasteiger partial charge in [-0.25, -0.2) is 19.6 Å². The third-order valence-corrected chi connectivity index (χ3v) is 12.3. The van der Waals surface area contributed by atoms with Crippen molar-refractivity contribution < 1.29 is 28.8 Å². The van der Waals surface area contributed by atoms with Crippen molar-refractivity contribution in [3.63, 3.8) is 0 Å². The van der Waals surface area contributed by atoms with Crippen LogP contribution in [0.25, 0.3) is 0 Å². The average molecular weight is 843 g/mol. The minimum absolute atomic E-state index is 0.0256. The molecule has 0 unspecified atom stereocenters. The van der Waals surface area contributed by atoms with Gasteiger partial charge < -0.3 is 30.2 Å². The minimum Gasteiger partial charge on any atom is -0.353 e. The normalized spacial score (nSPS) is 21.2. The maximum Gasteiger partial charge on any atom is 0.322 e. The van der Waals surface area contributed by atoms with Gasteiger partial charge in [-0.3, -0.25) is 29.8 Å². The molecule has 0 bridgehead atoms. The molecule has 8 amide bonds. The standard InChI is InChI=1S/2C23H27N5O3/c2*1-14-11-16(3)19(24-13-14)27-7-9-28(10-8-27)20(29)18-6-5-17(12-15(18)2)23(4)21(30)25-22(31)26-23/h2*5-6,11-13H,7-10H2,1-4H3,(H2,25,26,30,31)/t2*23-/m11/s1. The lowest BCUT2D eigenvalue weighted by atomic mass is 9.89. The van der Waals surface area contributed by atoms with Crippen molar-refractivity contribution >= 4 is 47.3 Å². The van der Waals surface area contributed by atoms with Crippen molar-refractivity contribution in [2.24, 2.45) is 0 Å². The molecule has 0 spiro atoms. The number of imide groups is 2. The van der Waals surface area contributed by atoms with E-state index in [-0.39, 0.29) is 11.8 Å². The van der Waals surface area contributed by atoms with E-state index in [2.05, 4.69) is 67.0 Å². The summed E-state index contributed by atoms with van der Waals surface area (Å²) in [7, 11) is 0. The van der Waals surface area contributed by atoms with E-state index in [1.807, 2.05) is 49.9 Å². The second kappa shape index (κ2) is 16.9. The second-order valence-electron chi connectivity index (χ2n) is 17.0. The Morgan fingerprint density at radius 3 is 1.16 bits per heavy atom. The van der Waals surface area contributed by atoms with Crippen LogP contribution in [0.3, 0.4) is 0 Å². The summed E-state index contributed by atoms with van der Waals surface area (Å²) in [6.07, 6.45) is 3.75. The predicted molar refractivity (Wildman–Crippen MR) is 234 cm³/mol. The van der Waals surface area contributed by atoms with Gasteiger partial charge in [0, 0.05) is 75.9 Å². The molecule has 16 nitrogen and oxygen atoms in total. The number of pyridine rings is 2. The van der Waals surface area contributed by atoms with Crippen LogP contribution in [0.4, 0.5) is 21.2 Å². The molecule has 2 aromatic heterocycles. The molecule has 6 heterocycles. The van der Waals surface area contributed by atoms with Crippen molar-refractivity contribution in [2.45, 2.75) is 66.5 Å². The Hall–Kier alpha value is -6.84. The second-order valence-corrected chi connectivity index (χ2v) is 17.0. The zero-order valence-electron chi connectivity index (χ0n) is 36.6. The van der Waals surface area contributed by atoms with Crippen molar-refractivity contribution in [2.75, 3.05) is 62.2 Å². The fourth-order valence-electron chi connectivity index (χ4n) is 8.58. The number of aromatic nitrogens is 2. The number of nitrogens with one attached hydrogen (secondary N) is 4. The van der Waals surface area contributed by atoms with Gasteiger partial charge in [0.15, 0.2) is 0 Å². The molecule has 16 heteroatoms. The Balaban J connectivity index is 0.000000186. The highest BCUT2D eigenvalue weighted by atomic mass is 16.2. The van der Waals surface area contributed by atoms with Crippen LogP contribution in [0.2, 0.25) is 0 Å². The summed E-state index contributed by atoms with van der Waals surface area (Å²) in [6.45, 7) is 20.6. The van der Waals surface area contributed by atoms with Gasteiger partial charge >= 0.3 is 12.1 Å². The van der Waals surface area contributed by atoms with E-state index < -0.39 is 35.0 Å². The van der Waals surface area contributed by atoms with Crippen molar-refractivity contribution in [3.05, 3.63) is 117 Å². The van der Waals surface area contributed by atoms with Crippen LogP contribution < -0.4 is 31.1 Å². The lowest BCUT2D eigenvalue weighted by molar-refractivity contribution is -0.124. The first-order chi connectivity index (χ1) is 29.4. The SMILES string of the molecule is Cc1cnc(N2CCN(C(=O)c3ccc([C@@]4(C)NC(=O)NC4=O)cc3C)CC2)c(C)c1.Cc1cnc(N2CCN(C(=O)c3ccc([C@@]4(C)NC(=O)NC4=O)cc3C)CC2)c(C)c1. The van der Waals surface area contributed by atoms with E-state index in [9.17, 15) is 28.8 Å². The number of aryl methyl sites for hydroxylation is 6. The van der Waals surface area contributed by atoms with Gasteiger partial charge in [0.05, 0.1) is 0 Å². The van der Waals surface area contributed by atoms with Crippen LogP contribution >= 0.6 is 0 Å². The largest absolute Gasteiger partial charge is 0.353 e. The first-order valence-corrected chi connectivity index (χ1v) is 20.8. The Morgan fingerprint density at radius 1 is 0.516 bits per heavy atom. The number of urea groups is 2. The molecule has 0 aliphatic carbocycles. The average Bonchev–Trinajstić information content (AvgIpc) is 3.67. The zero-order chi connectivity index (χ0) is 44.7. The van der Waals surface area contributed by atoms with Gasteiger partial charge in [-0.15, -0.1) is 0 Å². The molecule has 4 aliphatic heterocycles. The molecule has 324 valence electrons. The van der Waals surface area contributed by atoms with E-state index in [4.69, 9.17) is 0 Å². The number of rotatable bonds is 6. The summed E-state index contributed by atoms with van der Waals surface area (Å²) >= 11 is 0. The molecule has 4 aliphatic rings. The Labute approximate surface area is 361 Å². The van der Waals surface area contributed by atoms with Gasteiger partial charge in [0.25, 0.3) is 23.6 Å². The molecule has 0 radical (unpaired) electrons. The van der Waals surface area contributed by atoms with Crippen LogP contribution in [0, 0.1) is 41.5 Å². The van der Waals surface area contributed by atoms with Crippen LogP contribution in [0.1, 0.15) is 79.1 Å². The van der Waals surface area contributed by atoms with Gasteiger partial charge in [0.2, 0.25) is 0 Å². The Morgan fingerprint density at radius 2 is 0.871 bits per heavy atom. The fourth-order valence-corrected chi connectivity index (χ4v) is 8.58. The molecule has 4 aromatic rings. The zero-order valence-corrected chi connectivity index (χ0v) is 36.6. The number of hydrogen-bond donors (Lipinski definition) is 4. The number of benzene rings is 2. The molecular weight excluding hydrogens is 789 g/mol. The smallest absolute Gasteiger partial charge is 0.322 e. The van der Waals surface area contributed by atoms with E-state index in [1.165, 1.54) is 0 Å². The van der Waals surface area contributed by atoms with E-state index in [1.54, 1.807) is 50.2 Å². The summed E-state index contributed by atoms with van der Waals surface area (Å²) in [4.78, 5) is 91.1. The van der Waals surface area contributed by atoms with E-state index >= 15 is 0 Å². The maximum atomic E-state index is 13.1. The molecule has 4 fully saturated rings. The molecule has 8 rings (SSSR count). The molecule has 4 saturated heterocycles. The van der Waals surface area contributed by atoms with Crippen LogP contribution in [-0.2, 0) is 20.7 Å². The number of piperazine rings is 2. The molecule has 62 heavy (non-hydrogen) atoms. The first-order valence-electron chi connectivity index (χ1n) is 20.8. The lowest BCUT2D eigenvalue weighted by Gasteiger charge is -2.36. The lowest BCUT2D eigenvalue weighted by Crippen LogP contribution is -2.49. The van der Waals surface area contributed by atoms with Gasteiger partial charge in [-0.1, -0.05) is 36.4 Å². The number of anilines is 2. The molecule has 2 atom stereocenters. The number of amides is 8. The highest BCUT2D eigenvalue weighted by Gasteiger charge is 2.45. The topological polar surface area (TPSA) is 189 Å². The van der Waals surface area contributed by atoms with Gasteiger partial charge in [0.1, 0.15) is 22.7 Å². The predicted octanol–water partition coefficient (Wildman–Crippen LogP) is 4.05. The van der Waals surface area contributed by atoms with E-state index in [0.29, 0.717) is 48.4 Å². The van der Waals surface area contributed by atoms with Crippen molar-refractivity contribution in [3.8, 4) is 0 Å². The third-order valence-electron chi connectivity index (χ3n) is 12.3. The summed E-state index contributed by atoms with van der Waals surface area (Å²) in [5, 5.41) is 9.85. The highest BCUT2D eigenvalue weighted by molar-refractivity contribution is 6.08. The Kier molecular flexibility index (Phi) is 11.8. The fraction of sp³-hybridized carbons (Fsp3) is 0.391. The van der Waals surface area contributed by atoms with Crippen LogP contribution in [-0.4, -0.2) is 108 Å². The van der Waals surface area contributed by atoms with Gasteiger partial charge in [-0.05, 0) is 112 Å². The summed E-state index contributed by atoms with van der Waals surface area (Å²) in [5.41, 5.74) is 6.35. The van der Waals surface area contributed by atoms with Gasteiger partial charge in [-0.2, -0.15) is 0 Å². The van der Waals surface area contributed by atoms with Crippen LogP contribution in [0.5, 0.6) is 0 Å². The molecule has 0 saturated carbocycles. The van der Waals surface area contributed by atoms with Crippen LogP contribution in [0.15, 0.2) is 60.9 Å². The quantitative estimate of drug-likeness (QED) is 0.206. The maximum absolute atomic E-state index is 13.1. The first kappa shape index (κ1) is 43.3. The van der Waals surface area contributed by atoms with E-state index in [0.717, 1.165) is 71.2 Å². The monoisotopic (exact) mass is 842 g/mol. The number of nitrogens with zero attached hydrogens (tertiary/aromatic N) is 6. The summed E-state index contributed by atoms with van der Waals surface area (Å²) in [5.74, 6) is 1.11.